The molecule has 0 spiro atoms. The predicted molar refractivity (Wildman–Crippen MR) is 107 cm³/mol. The van der Waals surface area contributed by atoms with Crippen LogP contribution in [0.1, 0.15) is 54.6 Å². The monoisotopic (exact) mass is 422 g/mol. The summed E-state index contributed by atoms with van der Waals surface area (Å²) in [7, 11) is -3.60. The first-order valence-electron chi connectivity index (χ1n) is 10.4. The summed E-state index contributed by atoms with van der Waals surface area (Å²) in [5.74, 6) is 2.15. The molecule has 2 fully saturated rings. The van der Waals surface area contributed by atoms with E-state index in [4.69, 9.17) is 14.2 Å². The number of aryl methyl sites for hydroxylation is 3. The van der Waals surface area contributed by atoms with E-state index in [1.165, 1.54) is 0 Å². The molecule has 160 valence electrons. The molecule has 1 atom stereocenters. The molecule has 2 aromatic rings. The average Bonchev–Trinajstić information content (AvgIpc) is 3.25. The third-order valence-electron chi connectivity index (χ3n) is 6.16. The smallest absolute Gasteiger partial charge is 0.248 e. The molecular formula is C20H30N4O4S. The second kappa shape index (κ2) is 8.20. The fourth-order valence-electron chi connectivity index (χ4n) is 4.62. The van der Waals surface area contributed by atoms with Crippen molar-refractivity contribution in [3.8, 4) is 0 Å². The Bertz CT molecular complexity index is 940. The fourth-order valence-corrected chi connectivity index (χ4v) is 6.47. The maximum Gasteiger partial charge on any atom is 0.248 e. The summed E-state index contributed by atoms with van der Waals surface area (Å²) in [4.78, 5) is 4.91. The lowest BCUT2D eigenvalue weighted by atomic mass is 9.97. The minimum Gasteiger partial charge on any atom is -0.381 e. The van der Waals surface area contributed by atoms with Gasteiger partial charge in [-0.15, -0.1) is 0 Å². The molecule has 2 aliphatic heterocycles. The van der Waals surface area contributed by atoms with Crippen molar-refractivity contribution in [2.75, 3.05) is 26.3 Å². The Balaban J connectivity index is 1.52. The summed E-state index contributed by atoms with van der Waals surface area (Å²) in [6.45, 7) is 8.83. The van der Waals surface area contributed by atoms with Crippen molar-refractivity contribution in [3.05, 3.63) is 29.2 Å². The first kappa shape index (κ1) is 20.6. The Morgan fingerprint density at radius 2 is 1.93 bits per heavy atom. The molecule has 0 aromatic carbocycles. The second-order valence-electron chi connectivity index (χ2n) is 8.28. The molecule has 2 saturated heterocycles. The molecule has 4 heterocycles. The summed E-state index contributed by atoms with van der Waals surface area (Å²) in [5.41, 5.74) is 1.56. The van der Waals surface area contributed by atoms with Crippen LogP contribution < -0.4 is 0 Å². The van der Waals surface area contributed by atoms with Gasteiger partial charge in [0.15, 0.2) is 5.76 Å². The van der Waals surface area contributed by atoms with Crippen molar-refractivity contribution in [1.29, 1.82) is 0 Å². The number of aromatic nitrogens is 3. The summed E-state index contributed by atoms with van der Waals surface area (Å²) >= 11 is 0. The van der Waals surface area contributed by atoms with Crippen molar-refractivity contribution in [2.45, 2.75) is 63.8 Å². The predicted octanol–water partition coefficient (Wildman–Crippen LogP) is 2.79. The lowest BCUT2D eigenvalue weighted by Crippen LogP contribution is -2.41. The van der Waals surface area contributed by atoms with E-state index in [1.54, 1.807) is 18.2 Å². The number of rotatable bonds is 5. The quantitative estimate of drug-likeness (QED) is 0.736. The number of ether oxygens (including phenoxy) is 1. The maximum atomic E-state index is 13.2. The van der Waals surface area contributed by atoms with Gasteiger partial charge in [0, 0.05) is 50.7 Å². The number of imidazole rings is 1. The van der Waals surface area contributed by atoms with Gasteiger partial charge >= 0.3 is 0 Å². The van der Waals surface area contributed by atoms with Crippen LogP contribution in [0.3, 0.4) is 0 Å². The van der Waals surface area contributed by atoms with Crippen molar-refractivity contribution < 1.29 is 17.7 Å². The molecule has 1 unspecified atom stereocenters. The van der Waals surface area contributed by atoms with Crippen molar-refractivity contribution in [2.24, 2.45) is 5.92 Å². The Labute approximate surface area is 172 Å². The van der Waals surface area contributed by atoms with Gasteiger partial charge in [-0.2, -0.15) is 4.31 Å². The number of piperidine rings is 1. The van der Waals surface area contributed by atoms with E-state index in [9.17, 15) is 8.42 Å². The van der Waals surface area contributed by atoms with E-state index < -0.39 is 10.0 Å². The van der Waals surface area contributed by atoms with E-state index in [0.717, 1.165) is 57.0 Å². The summed E-state index contributed by atoms with van der Waals surface area (Å²) in [6.07, 6.45) is 5.79. The van der Waals surface area contributed by atoms with E-state index >= 15 is 0 Å². The van der Waals surface area contributed by atoms with Crippen LogP contribution in [0, 0.1) is 26.7 Å². The molecule has 29 heavy (non-hydrogen) atoms. The molecule has 0 saturated carbocycles. The molecule has 8 nitrogen and oxygen atoms in total. The molecule has 4 rings (SSSR count). The van der Waals surface area contributed by atoms with Gasteiger partial charge in [-0.1, -0.05) is 5.16 Å². The van der Waals surface area contributed by atoms with Crippen LogP contribution in [0.15, 0.2) is 15.6 Å². The third kappa shape index (κ3) is 4.00. The maximum absolute atomic E-state index is 13.2. The molecule has 0 N–H and O–H groups in total. The van der Waals surface area contributed by atoms with Crippen LogP contribution in [0.25, 0.3) is 0 Å². The minimum atomic E-state index is -3.60. The summed E-state index contributed by atoms with van der Waals surface area (Å²) < 4.78 is 40.9. The highest BCUT2D eigenvalue weighted by Gasteiger charge is 2.35. The minimum absolute atomic E-state index is 0.222. The SMILES string of the molecule is Cc1noc(C)c1S(=O)(=O)N1CCCC(Cn2c(C)cnc2C2CCOCC2)C1. The van der Waals surface area contributed by atoms with E-state index in [0.29, 0.717) is 30.5 Å². The molecular weight excluding hydrogens is 392 g/mol. The lowest BCUT2D eigenvalue weighted by Gasteiger charge is -2.33. The largest absolute Gasteiger partial charge is 0.381 e. The van der Waals surface area contributed by atoms with Crippen LogP contribution in [0.5, 0.6) is 0 Å². The van der Waals surface area contributed by atoms with Crippen molar-refractivity contribution >= 4 is 10.0 Å². The third-order valence-corrected chi connectivity index (χ3v) is 8.27. The Hall–Kier alpha value is -1.71. The summed E-state index contributed by atoms with van der Waals surface area (Å²) in [5, 5.41) is 3.83. The first-order valence-corrected chi connectivity index (χ1v) is 11.8. The molecule has 0 aliphatic carbocycles. The highest BCUT2D eigenvalue weighted by molar-refractivity contribution is 7.89. The van der Waals surface area contributed by atoms with Gasteiger partial charge in [0.25, 0.3) is 0 Å². The average molecular weight is 423 g/mol. The Morgan fingerprint density at radius 3 is 2.62 bits per heavy atom. The topological polar surface area (TPSA) is 90.5 Å². The zero-order valence-corrected chi connectivity index (χ0v) is 18.2. The van der Waals surface area contributed by atoms with Crippen molar-refractivity contribution in [1.82, 2.24) is 19.0 Å². The molecule has 9 heteroatoms. The number of nitrogens with zero attached hydrogens (tertiary/aromatic N) is 4. The lowest BCUT2D eigenvalue weighted by molar-refractivity contribution is 0.0824. The fraction of sp³-hybridized carbons (Fsp3) is 0.700. The van der Waals surface area contributed by atoms with Crippen LogP contribution in [-0.4, -0.2) is 53.7 Å². The number of hydrogen-bond acceptors (Lipinski definition) is 6. The van der Waals surface area contributed by atoms with Gasteiger partial charge in [0.1, 0.15) is 16.4 Å². The highest BCUT2D eigenvalue weighted by Crippen LogP contribution is 2.31. The zero-order chi connectivity index (χ0) is 20.6. The van der Waals surface area contributed by atoms with Crippen molar-refractivity contribution in [3.63, 3.8) is 0 Å². The first-order chi connectivity index (χ1) is 13.9. The molecule has 2 aliphatic rings. The molecule has 0 amide bonds. The van der Waals surface area contributed by atoms with Gasteiger partial charge in [-0.25, -0.2) is 13.4 Å². The second-order valence-corrected chi connectivity index (χ2v) is 10.2. The normalized spacial score (nSPS) is 22.2. The Kier molecular flexibility index (Phi) is 5.81. The van der Waals surface area contributed by atoms with Gasteiger partial charge in [0.05, 0.1) is 0 Å². The highest BCUT2D eigenvalue weighted by atomic mass is 32.2. The van der Waals surface area contributed by atoms with E-state index in [2.05, 4.69) is 16.6 Å². The van der Waals surface area contributed by atoms with Crippen LogP contribution >= 0.6 is 0 Å². The van der Waals surface area contributed by atoms with Gasteiger partial charge in [-0.05, 0) is 52.4 Å². The molecule has 2 aromatic heterocycles. The summed E-state index contributed by atoms with van der Waals surface area (Å²) in [6, 6.07) is 0. The molecule has 0 radical (unpaired) electrons. The van der Waals surface area contributed by atoms with Crippen LogP contribution in [0.4, 0.5) is 0 Å². The van der Waals surface area contributed by atoms with Gasteiger partial charge in [0.2, 0.25) is 10.0 Å². The van der Waals surface area contributed by atoms with Gasteiger partial charge < -0.3 is 13.8 Å². The van der Waals surface area contributed by atoms with Crippen LogP contribution in [0.2, 0.25) is 0 Å². The number of sulfonamides is 1. The zero-order valence-electron chi connectivity index (χ0n) is 17.4. The Morgan fingerprint density at radius 1 is 1.17 bits per heavy atom. The van der Waals surface area contributed by atoms with Crippen LogP contribution in [-0.2, 0) is 21.3 Å². The number of hydrogen-bond donors (Lipinski definition) is 0. The van der Waals surface area contributed by atoms with E-state index in [1.807, 2.05) is 6.20 Å². The standard InChI is InChI=1S/C20H30N4O4S/c1-14-11-21-20(18-6-9-27-10-7-18)24(14)13-17-5-4-8-23(12-17)29(25,26)19-15(2)22-28-16(19)3/h11,17-18H,4-10,12-13H2,1-3H3. The van der Waals surface area contributed by atoms with Gasteiger partial charge in [-0.3, -0.25) is 0 Å². The van der Waals surface area contributed by atoms with E-state index in [-0.39, 0.29) is 10.8 Å². The molecule has 0 bridgehead atoms.